The predicted octanol–water partition coefficient (Wildman–Crippen LogP) is 14.2. The summed E-state index contributed by atoms with van der Waals surface area (Å²) in [6, 6.07) is 74.7. The smallest absolute Gasteiger partial charge is 0.0788 e. The minimum atomic E-state index is 1.10. The van der Waals surface area contributed by atoms with Gasteiger partial charge in [-0.15, -0.1) is 0 Å². The fourth-order valence-corrected chi connectivity index (χ4v) is 8.50. The van der Waals surface area contributed by atoms with E-state index >= 15 is 0 Å². The maximum absolute atomic E-state index is 2.46. The number of hydrogen-bond donors (Lipinski definition) is 0. The molecule has 0 aliphatic heterocycles. The first-order valence-corrected chi connectivity index (χ1v) is 18.8. The molecule has 2 heterocycles. The van der Waals surface area contributed by atoms with Crippen molar-refractivity contribution in [1.82, 2.24) is 9.13 Å². The summed E-state index contributed by atoms with van der Waals surface area (Å²) in [5.41, 5.74) is 11.6. The molecule has 3 heteroatoms. The van der Waals surface area contributed by atoms with Crippen LogP contribution in [0.2, 0.25) is 0 Å². The zero-order valence-corrected chi connectivity index (χ0v) is 30.0. The van der Waals surface area contributed by atoms with Crippen molar-refractivity contribution < 1.29 is 0 Å². The lowest BCUT2D eigenvalue weighted by molar-refractivity contribution is 1.12. The van der Waals surface area contributed by atoms with E-state index in [1.165, 1.54) is 65.4 Å². The van der Waals surface area contributed by atoms with Crippen molar-refractivity contribution in [3.63, 3.8) is 0 Å². The molecule has 0 amide bonds. The highest BCUT2D eigenvalue weighted by molar-refractivity contribution is 6.20. The molecule has 0 saturated carbocycles. The number of rotatable bonds is 6. The van der Waals surface area contributed by atoms with Crippen molar-refractivity contribution in [3.8, 4) is 22.5 Å². The van der Waals surface area contributed by atoms with E-state index in [-0.39, 0.29) is 0 Å². The quantitative estimate of drug-likeness (QED) is 0.168. The van der Waals surface area contributed by atoms with E-state index in [1.807, 2.05) is 0 Å². The SMILES string of the molecule is c1ccc(-c2cn(-c3ccccc3)c3c2ccc2c4ccccc4n(-c4ccc(N(c5ccc6ccccc6c5)c5ccc6ccccc6c5)cc4)c23)cc1. The molecule has 0 aliphatic carbocycles. The summed E-state index contributed by atoms with van der Waals surface area (Å²) in [4.78, 5) is 2.37. The molecule has 9 aromatic carbocycles. The molecule has 11 rings (SSSR count). The Balaban J connectivity index is 1.14. The topological polar surface area (TPSA) is 13.1 Å². The Kier molecular flexibility index (Phi) is 7.17. The number of benzene rings is 9. The second kappa shape index (κ2) is 12.6. The first-order chi connectivity index (χ1) is 27.3. The van der Waals surface area contributed by atoms with Crippen LogP contribution in [0.5, 0.6) is 0 Å². The van der Waals surface area contributed by atoms with Gasteiger partial charge in [0.2, 0.25) is 0 Å². The highest BCUT2D eigenvalue weighted by Crippen LogP contribution is 2.43. The third kappa shape index (κ3) is 5.13. The first-order valence-electron chi connectivity index (χ1n) is 18.8. The lowest BCUT2D eigenvalue weighted by Gasteiger charge is -2.26. The molecule has 3 nitrogen and oxygen atoms in total. The van der Waals surface area contributed by atoms with Gasteiger partial charge in [-0.3, -0.25) is 0 Å². The van der Waals surface area contributed by atoms with Gasteiger partial charge in [-0.25, -0.2) is 0 Å². The highest BCUT2D eigenvalue weighted by atomic mass is 15.1. The maximum atomic E-state index is 2.46. The standard InChI is InChI=1S/C52H35N3/c1-3-15-38(16-4-1)49-35-53(41-19-5-2-6-20-41)51-48(49)32-31-47-46-21-11-12-22-50(46)55(52(47)51)43-29-27-42(28-30-43)54(44-25-23-36-13-7-9-17-39(36)33-44)45-26-24-37-14-8-10-18-40(37)34-45/h1-35H. The van der Waals surface area contributed by atoms with Crippen LogP contribution in [0.1, 0.15) is 0 Å². The Morgan fingerprint density at radius 2 is 0.891 bits per heavy atom. The maximum Gasteiger partial charge on any atom is 0.0788 e. The third-order valence-corrected chi connectivity index (χ3v) is 11.1. The molecule has 0 atom stereocenters. The normalized spacial score (nSPS) is 11.6. The summed E-state index contributed by atoms with van der Waals surface area (Å²) in [6.45, 7) is 0. The Bertz CT molecular complexity index is 3110. The van der Waals surface area contributed by atoms with Gasteiger partial charge in [0.1, 0.15) is 0 Å². The van der Waals surface area contributed by atoms with Gasteiger partial charge in [0.25, 0.3) is 0 Å². The van der Waals surface area contributed by atoms with E-state index in [0.29, 0.717) is 0 Å². The largest absolute Gasteiger partial charge is 0.314 e. The van der Waals surface area contributed by atoms with Crippen LogP contribution in [-0.4, -0.2) is 9.13 Å². The monoisotopic (exact) mass is 701 g/mol. The van der Waals surface area contributed by atoms with Gasteiger partial charge in [-0.05, 0) is 93.8 Å². The molecule has 0 bridgehead atoms. The van der Waals surface area contributed by atoms with E-state index in [0.717, 1.165) is 28.4 Å². The van der Waals surface area contributed by atoms with E-state index in [2.05, 4.69) is 226 Å². The minimum Gasteiger partial charge on any atom is -0.314 e. The molecule has 0 spiro atoms. The van der Waals surface area contributed by atoms with Crippen molar-refractivity contribution in [1.29, 1.82) is 0 Å². The Morgan fingerprint density at radius 3 is 1.56 bits per heavy atom. The second-order valence-corrected chi connectivity index (χ2v) is 14.2. The molecule has 0 N–H and O–H groups in total. The molecule has 55 heavy (non-hydrogen) atoms. The van der Waals surface area contributed by atoms with Crippen LogP contribution < -0.4 is 4.90 Å². The van der Waals surface area contributed by atoms with Gasteiger partial charge in [0.15, 0.2) is 0 Å². The average Bonchev–Trinajstić information content (AvgIpc) is 3.81. The Labute approximate surface area is 319 Å². The molecule has 0 unspecified atom stereocenters. The van der Waals surface area contributed by atoms with Crippen LogP contribution in [0.15, 0.2) is 212 Å². The minimum absolute atomic E-state index is 1.10. The lowest BCUT2D eigenvalue weighted by atomic mass is 10.0. The van der Waals surface area contributed by atoms with Gasteiger partial charge in [-0.2, -0.15) is 0 Å². The van der Waals surface area contributed by atoms with Gasteiger partial charge in [-0.1, -0.05) is 140 Å². The summed E-state index contributed by atoms with van der Waals surface area (Å²) in [5, 5.41) is 8.58. The molecule has 0 saturated heterocycles. The molecule has 258 valence electrons. The van der Waals surface area contributed by atoms with Crippen molar-refractivity contribution in [2.75, 3.05) is 4.90 Å². The fraction of sp³-hybridized carbons (Fsp3) is 0. The number of aromatic nitrogens is 2. The summed E-state index contributed by atoms with van der Waals surface area (Å²) in [6.07, 6.45) is 2.31. The van der Waals surface area contributed by atoms with Gasteiger partial charge in [0.05, 0.1) is 16.6 Å². The van der Waals surface area contributed by atoms with Crippen molar-refractivity contribution in [3.05, 3.63) is 212 Å². The number of para-hydroxylation sites is 2. The van der Waals surface area contributed by atoms with Gasteiger partial charge in [0, 0.05) is 56.4 Å². The average molecular weight is 702 g/mol. The van der Waals surface area contributed by atoms with E-state index in [4.69, 9.17) is 0 Å². The van der Waals surface area contributed by atoms with E-state index in [1.54, 1.807) is 0 Å². The summed E-state index contributed by atoms with van der Waals surface area (Å²) in [7, 11) is 0. The van der Waals surface area contributed by atoms with Crippen molar-refractivity contribution in [2.45, 2.75) is 0 Å². The Hall–Kier alpha value is -7.36. The lowest BCUT2D eigenvalue weighted by Crippen LogP contribution is -2.10. The van der Waals surface area contributed by atoms with Crippen LogP contribution in [0.4, 0.5) is 17.1 Å². The molecule has 0 fully saturated rings. The Morgan fingerprint density at radius 1 is 0.345 bits per heavy atom. The van der Waals surface area contributed by atoms with Crippen molar-refractivity contribution >= 4 is 71.3 Å². The van der Waals surface area contributed by atoms with Gasteiger partial charge < -0.3 is 14.0 Å². The highest BCUT2D eigenvalue weighted by Gasteiger charge is 2.21. The summed E-state index contributed by atoms with van der Waals surface area (Å²) in [5.74, 6) is 0. The summed E-state index contributed by atoms with van der Waals surface area (Å²) < 4.78 is 4.84. The zero-order chi connectivity index (χ0) is 36.3. The molecular formula is C52H35N3. The number of anilines is 3. The first kappa shape index (κ1) is 31.2. The van der Waals surface area contributed by atoms with Crippen LogP contribution in [0, 0.1) is 0 Å². The molecule has 0 aliphatic rings. The molecule has 0 radical (unpaired) electrons. The number of fused-ring (bicyclic) bond motifs is 7. The van der Waals surface area contributed by atoms with E-state index < -0.39 is 0 Å². The van der Waals surface area contributed by atoms with Crippen LogP contribution in [0.25, 0.3) is 76.8 Å². The molecular weight excluding hydrogens is 667 g/mol. The molecule has 2 aromatic heterocycles. The van der Waals surface area contributed by atoms with Crippen LogP contribution in [-0.2, 0) is 0 Å². The van der Waals surface area contributed by atoms with E-state index in [9.17, 15) is 0 Å². The molecule has 11 aromatic rings. The van der Waals surface area contributed by atoms with Crippen molar-refractivity contribution in [2.24, 2.45) is 0 Å². The van der Waals surface area contributed by atoms with Gasteiger partial charge >= 0.3 is 0 Å². The number of nitrogens with zero attached hydrogens (tertiary/aromatic N) is 3. The third-order valence-electron chi connectivity index (χ3n) is 11.1. The predicted molar refractivity (Wildman–Crippen MR) is 233 cm³/mol. The van der Waals surface area contributed by atoms with Crippen LogP contribution in [0.3, 0.4) is 0 Å². The second-order valence-electron chi connectivity index (χ2n) is 14.2. The fourth-order valence-electron chi connectivity index (χ4n) is 8.50. The summed E-state index contributed by atoms with van der Waals surface area (Å²) >= 11 is 0. The number of hydrogen-bond acceptors (Lipinski definition) is 1. The zero-order valence-electron chi connectivity index (χ0n) is 30.0. The van der Waals surface area contributed by atoms with Crippen LogP contribution >= 0.6 is 0 Å².